The molecule has 1 aromatic carbocycles. The third-order valence-corrected chi connectivity index (χ3v) is 2.92. The van der Waals surface area contributed by atoms with Gasteiger partial charge in [-0.3, -0.25) is 4.79 Å². The van der Waals surface area contributed by atoms with Crippen molar-refractivity contribution in [1.29, 1.82) is 0 Å². The van der Waals surface area contributed by atoms with Gasteiger partial charge in [0.1, 0.15) is 5.75 Å². The number of hydrogen-bond donors (Lipinski definition) is 1. The monoisotopic (exact) mass is 274 g/mol. The van der Waals surface area contributed by atoms with Gasteiger partial charge in [-0.25, -0.2) is 0 Å². The van der Waals surface area contributed by atoms with Crippen molar-refractivity contribution in [3.63, 3.8) is 0 Å². The molecule has 0 radical (unpaired) electrons. The van der Waals surface area contributed by atoms with Crippen LogP contribution >= 0.6 is 0 Å². The van der Waals surface area contributed by atoms with Crippen LogP contribution in [0.4, 0.5) is 18.9 Å². The fourth-order valence-electron chi connectivity index (χ4n) is 2.05. The van der Waals surface area contributed by atoms with Gasteiger partial charge in [0.15, 0.2) is 0 Å². The Morgan fingerprint density at radius 1 is 1.42 bits per heavy atom. The van der Waals surface area contributed by atoms with Crippen molar-refractivity contribution in [2.45, 2.75) is 18.8 Å². The third kappa shape index (κ3) is 3.17. The summed E-state index contributed by atoms with van der Waals surface area (Å²) in [6.45, 7) is 0.472. The molecular weight excluding hydrogens is 261 g/mol. The zero-order valence-corrected chi connectivity index (χ0v) is 10.2. The van der Waals surface area contributed by atoms with Crippen molar-refractivity contribution in [3.05, 3.63) is 24.3 Å². The number of hydrogen-bond acceptors (Lipinski definition) is 3. The number of halogens is 3. The summed E-state index contributed by atoms with van der Waals surface area (Å²) < 4.78 is 40.2. The lowest BCUT2D eigenvalue weighted by atomic mass is 10.2. The van der Waals surface area contributed by atoms with E-state index in [1.807, 2.05) is 0 Å². The summed E-state index contributed by atoms with van der Waals surface area (Å²) in [5.74, 6) is -0.475. The van der Waals surface area contributed by atoms with Crippen molar-refractivity contribution >= 4 is 11.6 Å². The number of ether oxygens (including phenoxy) is 1. The zero-order valence-electron chi connectivity index (χ0n) is 10.2. The quantitative estimate of drug-likeness (QED) is 0.915. The summed E-state index contributed by atoms with van der Waals surface area (Å²) in [6, 6.07) is 5.14. The van der Waals surface area contributed by atoms with Gasteiger partial charge in [0.25, 0.3) is 0 Å². The molecule has 104 valence electrons. The number of nitrogens with zero attached hydrogens (tertiary/aromatic N) is 1. The molecule has 0 saturated carbocycles. The van der Waals surface area contributed by atoms with E-state index in [-0.39, 0.29) is 17.7 Å². The predicted octanol–water partition coefficient (Wildman–Crippen LogP) is 1.91. The SMILES string of the molecule is CNC1CCN(c2cccc(OC(F)(F)F)c2)C1=O. The average Bonchev–Trinajstić information content (AvgIpc) is 2.68. The van der Waals surface area contributed by atoms with Crippen LogP contribution in [0, 0.1) is 0 Å². The number of anilines is 1. The van der Waals surface area contributed by atoms with Gasteiger partial charge in [-0.15, -0.1) is 13.2 Å². The van der Waals surface area contributed by atoms with Crippen LogP contribution in [0.1, 0.15) is 6.42 Å². The Kier molecular flexibility index (Phi) is 3.66. The highest BCUT2D eigenvalue weighted by atomic mass is 19.4. The summed E-state index contributed by atoms with van der Waals surface area (Å²) in [7, 11) is 1.68. The fourth-order valence-corrected chi connectivity index (χ4v) is 2.05. The number of nitrogens with one attached hydrogen (secondary N) is 1. The molecular formula is C12H13F3N2O2. The summed E-state index contributed by atoms with van der Waals surface area (Å²) in [5, 5.41) is 2.86. The normalized spacial score (nSPS) is 19.9. The Morgan fingerprint density at radius 2 is 2.16 bits per heavy atom. The van der Waals surface area contributed by atoms with Gasteiger partial charge < -0.3 is 15.0 Å². The van der Waals surface area contributed by atoms with E-state index in [2.05, 4.69) is 10.1 Å². The lowest BCUT2D eigenvalue weighted by Crippen LogP contribution is -2.36. The average molecular weight is 274 g/mol. The zero-order chi connectivity index (χ0) is 14.0. The summed E-state index contributed by atoms with van der Waals surface area (Å²) in [4.78, 5) is 13.4. The maximum absolute atomic E-state index is 12.1. The molecule has 1 atom stereocenters. The first-order chi connectivity index (χ1) is 8.90. The minimum atomic E-state index is -4.73. The van der Waals surface area contributed by atoms with Crippen LogP contribution in [0.3, 0.4) is 0 Å². The standard InChI is InChI=1S/C12H13F3N2O2/c1-16-10-5-6-17(11(10)18)8-3-2-4-9(7-8)19-12(13,14)15/h2-4,7,10,16H,5-6H2,1H3. The highest BCUT2D eigenvalue weighted by Gasteiger charge is 2.33. The summed E-state index contributed by atoms with van der Waals surface area (Å²) in [5.41, 5.74) is 0.407. The van der Waals surface area contributed by atoms with E-state index >= 15 is 0 Å². The van der Waals surface area contributed by atoms with E-state index in [9.17, 15) is 18.0 Å². The number of rotatable bonds is 3. The molecule has 1 aromatic rings. The first-order valence-electron chi connectivity index (χ1n) is 5.75. The topological polar surface area (TPSA) is 41.6 Å². The number of amides is 1. The highest BCUT2D eigenvalue weighted by Crippen LogP contribution is 2.28. The molecule has 2 rings (SSSR count). The maximum atomic E-state index is 12.1. The van der Waals surface area contributed by atoms with E-state index in [0.717, 1.165) is 0 Å². The first kappa shape index (κ1) is 13.7. The Balaban J connectivity index is 2.18. The molecule has 0 bridgehead atoms. The third-order valence-electron chi connectivity index (χ3n) is 2.92. The van der Waals surface area contributed by atoms with Crippen LogP contribution in [0.5, 0.6) is 5.75 Å². The van der Waals surface area contributed by atoms with Gasteiger partial charge >= 0.3 is 6.36 Å². The number of carbonyl (C=O) groups excluding carboxylic acids is 1. The number of alkyl halides is 3. The largest absolute Gasteiger partial charge is 0.573 e. The van der Waals surface area contributed by atoms with Gasteiger partial charge in [-0.2, -0.15) is 0 Å². The molecule has 1 heterocycles. The molecule has 4 nitrogen and oxygen atoms in total. The second-order valence-corrected chi connectivity index (χ2v) is 4.16. The van der Waals surface area contributed by atoms with Crippen molar-refractivity contribution in [2.24, 2.45) is 0 Å². The van der Waals surface area contributed by atoms with Crippen molar-refractivity contribution in [1.82, 2.24) is 5.32 Å². The summed E-state index contributed by atoms with van der Waals surface area (Å²) >= 11 is 0. The van der Waals surface area contributed by atoms with Crippen molar-refractivity contribution < 1.29 is 22.7 Å². The molecule has 1 saturated heterocycles. The van der Waals surface area contributed by atoms with E-state index in [1.54, 1.807) is 13.1 Å². The van der Waals surface area contributed by atoms with E-state index < -0.39 is 6.36 Å². The minimum absolute atomic E-state index is 0.147. The Morgan fingerprint density at radius 3 is 2.74 bits per heavy atom. The number of carbonyl (C=O) groups is 1. The highest BCUT2D eigenvalue weighted by molar-refractivity contribution is 5.99. The van der Waals surface area contributed by atoms with Crippen LogP contribution in [-0.2, 0) is 4.79 Å². The van der Waals surface area contributed by atoms with Gasteiger partial charge in [-0.05, 0) is 25.6 Å². The molecule has 1 aliphatic heterocycles. The molecule has 7 heteroatoms. The molecule has 0 spiro atoms. The van der Waals surface area contributed by atoms with Crippen LogP contribution in [-0.4, -0.2) is 31.9 Å². The van der Waals surface area contributed by atoms with Crippen LogP contribution in [0.15, 0.2) is 24.3 Å². The smallest absolute Gasteiger partial charge is 0.406 e. The Bertz CT molecular complexity index is 476. The lowest BCUT2D eigenvalue weighted by molar-refractivity contribution is -0.274. The van der Waals surface area contributed by atoms with Crippen LogP contribution in [0.2, 0.25) is 0 Å². The van der Waals surface area contributed by atoms with Crippen molar-refractivity contribution in [3.8, 4) is 5.75 Å². The number of likely N-dealkylation sites (N-methyl/N-ethyl adjacent to an activating group) is 1. The first-order valence-corrected chi connectivity index (χ1v) is 5.75. The van der Waals surface area contributed by atoms with Crippen LogP contribution in [0.25, 0.3) is 0 Å². The molecule has 1 aliphatic rings. The van der Waals surface area contributed by atoms with Gasteiger partial charge in [0, 0.05) is 18.3 Å². The minimum Gasteiger partial charge on any atom is -0.406 e. The maximum Gasteiger partial charge on any atom is 0.573 e. The Hall–Kier alpha value is -1.76. The molecule has 1 N–H and O–H groups in total. The fraction of sp³-hybridized carbons (Fsp3) is 0.417. The number of benzene rings is 1. The Labute approximate surface area is 108 Å². The molecule has 1 fully saturated rings. The molecule has 19 heavy (non-hydrogen) atoms. The van der Waals surface area contributed by atoms with E-state index in [1.165, 1.54) is 23.1 Å². The second kappa shape index (κ2) is 5.08. The van der Waals surface area contributed by atoms with Gasteiger partial charge in [0.2, 0.25) is 5.91 Å². The van der Waals surface area contributed by atoms with E-state index in [0.29, 0.717) is 18.7 Å². The van der Waals surface area contributed by atoms with Crippen molar-refractivity contribution in [2.75, 3.05) is 18.5 Å². The predicted molar refractivity (Wildman–Crippen MR) is 62.9 cm³/mol. The summed E-state index contributed by atoms with van der Waals surface area (Å²) in [6.07, 6.45) is -4.11. The molecule has 1 unspecified atom stereocenters. The molecule has 0 aromatic heterocycles. The second-order valence-electron chi connectivity index (χ2n) is 4.16. The van der Waals surface area contributed by atoms with E-state index in [4.69, 9.17) is 0 Å². The van der Waals surface area contributed by atoms with Gasteiger partial charge in [0.05, 0.1) is 6.04 Å². The molecule has 1 amide bonds. The lowest BCUT2D eigenvalue weighted by Gasteiger charge is -2.18. The van der Waals surface area contributed by atoms with Crippen LogP contribution < -0.4 is 15.0 Å². The van der Waals surface area contributed by atoms with Gasteiger partial charge in [-0.1, -0.05) is 6.07 Å². The molecule has 0 aliphatic carbocycles.